The predicted octanol–water partition coefficient (Wildman–Crippen LogP) is 6.08. The van der Waals surface area contributed by atoms with Gasteiger partial charge < -0.3 is 29.2 Å². The van der Waals surface area contributed by atoms with Crippen LogP contribution in [0.15, 0.2) is 54.3 Å². The predicted molar refractivity (Wildman–Crippen MR) is 247 cm³/mol. The Bertz CT molecular complexity index is 2580. The second-order valence-corrected chi connectivity index (χ2v) is 20.2. The van der Waals surface area contributed by atoms with E-state index in [9.17, 15) is 14.4 Å². The molecule has 6 bridgehead atoms. The highest BCUT2D eigenvalue weighted by Crippen LogP contribution is 2.48. The molecule has 1 aliphatic carbocycles. The first-order valence-corrected chi connectivity index (χ1v) is 23.9. The fraction of sp³-hybridized carbons (Fsp3) is 0.510. The normalized spacial score (nSPS) is 24.3. The number of rotatable bonds is 7. The van der Waals surface area contributed by atoms with E-state index in [0.29, 0.717) is 32.2 Å². The lowest BCUT2D eigenvalue weighted by Crippen LogP contribution is -2.60. The van der Waals surface area contributed by atoms with Crippen molar-refractivity contribution >= 4 is 45.7 Å². The zero-order valence-corrected chi connectivity index (χ0v) is 38.4. The van der Waals surface area contributed by atoms with E-state index in [1.807, 2.05) is 18.3 Å². The number of ether oxygens (including phenoxy) is 2. The van der Waals surface area contributed by atoms with Gasteiger partial charge in [-0.2, -0.15) is 0 Å². The number of benzene rings is 1. The highest BCUT2D eigenvalue weighted by atomic mass is 32.1. The van der Waals surface area contributed by atoms with Crippen molar-refractivity contribution in [3.05, 3.63) is 81.7 Å². The van der Waals surface area contributed by atoms with Crippen LogP contribution in [0.25, 0.3) is 33.4 Å². The number of pyridine rings is 2. The number of carbonyl (C=O) groups is 3. The van der Waals surface area contributed by atoms with E-state index < -0.39 is 17.5 Å². The molecule has 5 atom stereocenters. The largest absolute Gasteiger partial charge is 0.464 e. The van der Waals surface area contributed by atoms with E-state index in [4.69, 9.17) is 19.4 Å². The molecule has 10 rings (SSSR count). The van der Waals surface area contributed by atoms with Gasteiger partial charge in [0.2, 0.25) is 5.91 Å². The number of piperazine rings is 1. The van der Waals surface area contributed by atoms with Crippen LogP contribution in [-0.4, -0.2) is 113 Å². The number of esters is 1. The van der Waals surface area contributed by atoms with Gasteiger partial charge >= 0.3 is 5.97 Å². The average molecular weight is 886 g/mol. The van der Waals surface area contributed by atoms with Crippen LogP contribution in [0.4, 0.5) is 5.69 Å². The molecule has 14 nitrogen and oxygen atoms in total. The molecule has 1 saturated carbocycles. The molecule has 0 spiro atoms. The fourth-order valence-corrected chi connectivity index (χ4v) is 11.2. The number of hydrogen-bond donors (Lipinski definition) is 2. The summed E-state index contributed by atoms with van der Waals surface area (Å²) in [5.41, 5.74) is 13.6. The second-order valence-electron chi connectivity index (χ2n) is 19.3. The number of nitrogens with one attached hydrogen (secondary N) is 2. The molecule has 15 heteroatoms. The zero-order valence-electron chi connectivity index (χ0n) is 37.6. The first-order chi connectivity index (χ1) is 30.9. The molecular formula is C49H59N9O5S. The second kappa shape index (κ2) is 17.3. The zero-order chi connectivity index (χ0) is 44.3. The van der Waals surface area contributed by atoms with Crippen molar-refractivity contribution in [2.24, 2.45) is 11.3 Å². The summed E-state index contributed by atoms with van der Waals surface area (Å²) in [6.45, 7) is 11.7. The Morgan fingerprint density at radius 1 is 1.06 bits per heavy atom. The van der Waals surface area contributed by atoms with E-state index in [-0.39, 0.29) is 48.8 Å². The molecule has 5 aromatic rings. The first-order valence-electron chi connectivity index (χ1n) is 23.0. The van der Waals surface area contributed by atoms with E-state index in [2.05, 4.69) is 81.5 Å². The van der Waals surface area contributed by atoms with Crippen LogP contribution < -0.4 is 15.6 Å². The lowest BCUT2D eigenvalue weighted by atomic mass is 9.84. The number of hydrogen-bond acceptors (Lipinski definition) is 12. The van der Waals surface area contributed by atoms with Gasteiger partial charge in [-0.15, -0.1) is 11.3 Å². The molecule has 8 heterocycles. The number of amides is 2. The summed E-state index contributed by atoms with van der Waals surface area (Å²) in [7, 11) is 3.92. The van der Waals surface area contributed by atoms with Crippen molar-refractivity contribution in [1.29, 1.82) is 0 Å². The van der Waals surface area contributed by atoms with Gasteiger partial charge in [0.15, 0.2) is 0 Å². The molecule has 0 unspecified atom stereocenters. The third-order valence-corrected chi connectivity index (χ3v) is 14.9. The number of aromatic nitrogens is 4. The Hall–Kier alpha value is -5.22. The van der Waals surface area contributed by atoms with Gasteiger partial charge in [-0.05, 0) is 105 Å². The molecule has 64 heavy (non-hydrogen) atoms. The Kier molecular flexibility index (Phi) is 11.5. The van der Waals surface area contributed by atoms with Crippen LogP contribution in [-0.2, 0) is 49.7 Å². The number of anilines is 1. The van der Waals surface area contributed by atoms with Gasteiger partial charge in [0, 0.05) is 98.4 Å². The third-order valence-electron chi connectivity index (χ3n) is 14.0. The summed E-state index contributed by atoms with van der Waals surface area (Å²) in [4.78, 5) is 61.6. The maximum absolute atomic E-state index is 14.4. The summed E-state index contributed by atoms with van der Waals surface area (Å²) in [6, 6.07) is 9.23. The number of thiazole rings is 1. The van der Waals surface area contributed by atoms with Gasteiger partial charge in [-0.1, -0.05) is 13.8 Å². The molecule has 2 saturated heterocycles. The van der Waals surface area contributed by atoms with Gasteiger partial charge in [-0.25, -0.2) is 10.4 Å². The number of cyclic esters (lactones) is 1. The first kappa shape index (κ1) is 42.7. The summed E-state index contributed by atoms with van der Waals surface area (Å²) < 4.78 is 14.7. The topological polar surface area (TPSA) is 147 Å². The molecule has 3 fully saturated rings. The number of likely N-dealkylation sites (N-methyl/N-ethyl adjacent to an activating group) is 1. The molecule has 4 aromatic heterocycles. The molecule has 1 aromatic carbocycles. The maximum Gasteiger partial charge on any atom is 0.324 e. The van der Waals surface area contributed by atoms with Gasteiger partial charge in [-0.3, -0.25) is 29.4 Å². The molecule has 2 N–H and O–H groups in total. The minimum absolute atomic E-state index is 0.0867. The van der Waals surface area contributed by atoms with E-state index in [1.165, 1.54) is 33.0 Å². The van der Waals surface area contributed by atoms with Crippen LogP contribution in [0.2, 0.25) is 0 Å². The van der Waals surface area contributed by atoms with Crippen molar-refractivity contribution in [3.8, 4) is 22.5 Å². The Morgan fingerprint density at radius 3 is 2.67 bits per heavy atom. The van der Waals surface area contributed by atoms with Crippen LogP contribution >= 0.6 is 11.3 Å². The highest BCUT2D eigenvalue weighted by Gasteiger charge is 2.45. The van der Waals surface area contributed by atoms with Crippen molar-refractivity contribution in [3.63, 3.8) is 0 Å². The van der Waals surface area contributed by atoms with Crippen LogP contribution in [0.3, 0.4) is 0 Å². The number of carbonyl (C=O) groups excluding carboxylic acids is 3. The van der Waals surface area contributed by atoms with Gasteiger partial charge in [0.05, 0.1) is 52.2 Å². The number of nitrogens with zero attached hydrogens (tertiary/aromatic N) is 7. The van der Waals surface area contributed by atoms with Crippen molar-refractivity contribution in [1.82, 2.24) is 40.2 Å². The molecule has 4 aliphatic heterocycles. The van der Waals surface area contributed by atoms with Gasteiger partial charge in [0.25, 0.3) is 5.91 Å². The van der Waals surface area contributed by atoms with E-state index >= 15 is 0 Å². The molecule has 5 aliphatic rings. The Morgan fingerprint density at radius 2 is 1.88 bits per heavy atom. The molecular weight excluding hydrogens is 827 g/mol. The minimum Gasteiger partial charge on any atom is -0.464 e. The average Bonchev–Trinajstić information content (AvgIpc) is 3.89. The molecule has 336 valence electrons. The molecule has 2 amide bonds. The van der Waals surface area contributed by atoms with Gasteiger partial charge in [0.1, 0.15) is 12.1 Å². The Labute approximate surface area is 378 Å². The number of fused-ring (bicyclic) bond motifs is 6. The van der Waals surface area contributed by atoms with Crippen molar-refractivity contribution in [2.45, 2.75) is 96.4 Å². The van der Waals surface area contributed by atoms with Crippen molar-refractivity contribution in [2.75, 3.05) is 58.4 Å². The SMILES string of the molecule is CO[C@@H](C)c1ncc(N2CCN(C)CC2)cc1-c1c2c3cc(cc4c3n1CCC4)-c1csc(n1)C[C@H](NC(=O)[C@H]1C[C@@H]1c1ccncc1)C(=O)N1CCC[C@H](N1)C(=O)OCC(C)(C)C2. The maximum atomic E-state index is 14.4. The minimum atomic E-state index is -0.879. The van der Waals surface area contributed by atoms with E-state index in [0.717, 1.165) is 95.4 Å². The highest BCUT2D eigenvalue weighted by molar-refractivity contribution is 7.10. The molecule has 0 radical (unpaired) electrons. The Balaban J connectivity index is 1.08. The lowest BCUT2D eigenvalue weighted by Gasteiger charge is -2.35. The quantitative estimate of drug-likeness (QED) is 0.184. The summed E-state index contributed by atoms with van der Waals surface area (Å²) in [6.07, 6.45) is 9.89. The van der Waals surface area contributed by atoms with Crippen LogP contribution in [0.5, 0.6) is 0 Å². The smallest absolute Gasteiger partial charge is 0.324 e. The summed E-state index contributed by atoms with van der Waals surface area (Å²) in [5, 5.41) is 8.63. The summed E-state index contributed by atoms with van der Waals surface area (Å²) in [5.74, 6) is -0.977. The monoisotopic (exact) mass is 885 g/mol. The fourth-order valence-electron chi connectivity index (χ4n) is 10.3. The van der Waals surface area contributed by atoms with Crippen LogP contribution in [0, 0.1) is 11.3 Å². The number of aryl methyl sites for hydroxylation is 2. The van der Waals surface area contributed by atoms with E-state index in [1.54, 1.807) is 19.5 Å². The standard InChI is InChI=1S/C49H59N9O5S/c1-29(62-5)43-37(22-33(26-51-43)56-18-16-55(4)17-19-56)45-38-25-49(2,3)28-63-48(61)39-9-7-15-58(54-39)47(60)40(53-46(59)36-23-34(36)30-10-12-50-13-11-30)24-42-52-41(27-64-42)32-20-31-8-6-14-57(45)44(31)35(38)21-32/h10-13,20-22,26-27,29,34,36,39-40,54H,6-9,14-19,23-25,28H2,1-5H3,(H,53,59)/t29-,34+,36-,39-,40-/m0/s1. The number of methoxy groups -OCH3 is 1. The van der Waals surface area contributed by atoms with Crippen LogP contribution in [0.1, 0.15) is 85.9 Å². The summed E-state index contributed by atoms with van der Waals surface area (Å²) >= 11 is 1.51. The lowest BCUT2D eigenvalue weighted by molar-refractivity contribution is -0.155. The van der Waals surface area contributed by atoms with Crippen molar-refractivity contribution < 1.29 is 23.9 Å². The number of hydrazine groups is 1. The third kappa shape index (κ3) is 8.31.